The fraction of sp³-hybridized carbons (Fsp3) is 0.118. The van der Waals surface area contributed by atoms with Crippen molar-refractivity contribution in [2.45, 2.75) is 6.92 Å². The molecule has 19 heavy (non-hydrogen) atoms. The van der Waals surface area contributed by atoms with Crippen LogP contribution in [0, 0.1) is 0 Å². The van der Waals surface area contributed by atoms with Crippen LogP contribution < -0.4 is 4.90 Å². The normalized spacial score (nSPS) is 12.0. The van der Waals surface area contributed by atoms with Gasteiger partial charge in [-0.1, -0.05) is 36.4 Å². The van der Waals surface area contributed by atoms with Crippen LogP contribution in [0.1, 0.15) is 6.92 Å². The first kappa shape index (κ1) is 13.1. The number of hydrogen-bond donors (Lipinski definition) is 0. The van der Waals surface area contributed by atoms with Gasteiger partial charge in [-0.05, 0) is 41.5 Å². The van der Waals surface area contributed by atoms with E-state index < -0.39 is 0 Å². The summed E-state index contributed by atoms with van der Waals surface area (Å²) >= 11 is 0. The van der Waals surface area contributed by atoms with E-state index in [1.165, 1.54) is 10.8 Å². The molecule has 0 aromatic heterocycles. The van der Waals surface area contributed by atoms with Crippen molar-refractivity contribution in [2.24, 2.45) is 0 Å². The monoisotopic (exact) mass is 251 g/mol. The molecule has 0 spiro atoms. The van der Waals surface area contributed by atoms with Crippen LogP contribution in [0.4, 0.5) is 5.69 Å². The van der Waals surface area contributed by atoms with E-state index in [1.54, 1.807) is 13.0 Å². The van der Waals surface area contributed by atoms with Crippen molar-refractivity contribution in [3.05, 3.63) is 66.4 Å². The topological polar surface area (TPSA) is 20.3 Å². The van der Waals surface area contributed by atoms with E-state index in [9.17, 15) is 4.79 Å². The lowest BCUT2D eigenvalue weighted by Crippen LogP contribution is -2.07. The fourth-order valence-electron chi connectivity index (χ4n) is 1.85. The van der Waals surface area contributed by atoms with E-state index >= 15 is 0 Å². The SMILES string of the molecule is C/C(C=O)=C/C=C\N(C)c1ccc2ccccc2c1. The van der Waals surface area contributed by atoms with Gasteiger partial charge in [0.25, 0.3) is 0 Å². The van der Waals surface area contributed by atoms with Gasteiger partial charge in [-0.3, -0.25) is 4.79 Å². The van der Waals surface area contributed by atoms with Crippen LogP contribution in [-0.2, 0) is 4.79 Å². The molecule has 96 valence electrons. The predicted octanol–water partition coefficient (Wildman–Crippen LogP) is 3.93. The smallest absolute Gasteiger partial charge is 0.145 e. The average Bonchev–Trinajstić information content (AvgIpc) is 2.46. The molecule has 0 atom stereocenters. The van der Waals surface area contributed by atoms with Crippen molar-refractivity contribution >= 4 is 22.7 Å². The van der Waals surface area contributed by atoms with Crippen LogP contribution in [0.25, 0.3) is 10.8 Å². The standard InChI is InChI=1S/C17H17NO/c1-14(13-19)6-5-11-18(2)17-10-9-15-7-3-4-8-16(15)12-17/h3-13H,1-2H3/b11-5-,14-6-. The first-order valence-electron chi connectivity index (χ1n) is 6.22. The van der Waals surface area contributed by atoms with Gasteiger partial charge in [0, 0.05) is 18.9 Å². The zero-order valence-electron chi connectivity index (χ0n) is 11.2. The van der Waals surface area contributed by atoms with Crippen molar-refractivity contribution in [1.82, 2.24) is 0 Å². The van der Waals surface area contributed by atoms with Gasteiger partial charge >= 0.3 is 0 Å². The molecule has 0 N–H and O–H groups in total. The highest BCUT2D eigenvalue weighted by molar-refractivity contribution is 5.86. The molecule has 0 bridgehead atoms. The number of rotatable bonds is 4. The fourth-order valence-corrected chi connectivity index (χ4v) is 1.85. The molecule has 2 aromatic rings. The Labute approximate surface area is 113 Å². The maximum Gasteiger partial charge on any atom is 0.145 e. The summed E-state index contributed by atoms with van der Waals surface area (Å²) in [7, 11) is 1.99. The molecule has 0 aliphatic heterocycles. The van der Waals surface area contributed by atoms with Crippen LogP contribution in [0.15, 0.2) is 66.4 Å². The van der Waals surface area contributed by atoms with Gasteiger partial charge in [0.2, 0.25) is 0 Å². The summed E-state index contributed by atoms with van der Waals surface area (Å²) in [6, 6.07) is 14.6. The highest BCUT2D eigenvalue weighted by atomic mass is 16.1. The minimum atomic E-state index is 0.711. The number of aldehydes is 1. The van der Waals surface area contributed by atoms with Crippen LogP contribution in [0.5, 0.6) is 0 Å². The Bertz CT molecular complexity index is 641. The summed E-state index contributed by atoms with van der Waals surface area (Å²) in [4.78, 5) is 12.5. The van der Waals surface area contributed by atoms with E-state index in [1.807, 2.05) is 36.4 Å². The van der Waals surface area contributed by atoms with Crippen LogP contribution in [-0.4, -0.2) is 13.3 Å². The third-order valence-electron chi connectivity index (χ3n) is 3.00. The number of nitrogens with zero attached hydrogens (tertiary/aromatic N) is 1. The Morgan fingerprint density at radius 1 is 1.11 bits per heavy atom. The van der Waals surface area contributed by atoms with Crippen LogP contribution in [0.2, 0.25) is 0 Å². The molecule has 0 unspecified atom stereocenters. The Balaban J connectivity index is 2.21. The van der Waals surface area contributed by atoms with Crippen molar-refractivity contribution < 1.29 is 4.79 Å². The van der Waals surface area contributed by atoms with E-state index in [0.29, 0.717) is 5.57 Å². The molecule has 0 amide bonds. The lowest BCUT2D eigenvalue weighted by atomic mass is 10.1. The number of fused-ring (bicyclic) bond motifs is 1. The number of carbonyl (C=O) groups is 1. The van der Waals surface area contributed by atoms with Crippen LogP contribution in [0.3, 0.4) is 0 Å². The molecule has 2 aromatic carbocycles. The summed E-state index contributed by atoms with van der Waals surface area (Å²) in [5.41, 5.74) is 1.83. The van der Waals surface area contributed by atoms with Crippen molar-refractivity contribution in [2.75, 3.05) is 11.9 Å². The van der Waals surface area contributed by atoms with E-state index in [0.717, 1.165) is 12.0 Å². The minimum absolute atomic E-state index is 0.711. The Morgan fingerprint density at radius 3 is 2.58 bits per heavy atom. The first-order chi connectivity index (χ1) is 9.20. The Hall–Kier alpha value is -2.35. The molecule has 2 rings (SSSR count). The number of carbonyl (C=O) groups excluding carboxylic acids is 1. The second-order valence-electron chi connectivity index (χ2n) is 4.51. The van der Waals surface area contributed by atoms with Gasteiger partial charge in [0.1, 0.15) is 6.29 Å². The van der Waals surface area contributed by atoms with Crippen molar-refractivity contribution in [3.63, 3.8) is 0 Å². The first-order valence-corrected chi connectivity index (χ1v) is 6.22. The predicted molar refractivity (Wildman–Crippen MR) is 81.3 cm³/mol. The summed E-state index contributed by atoms with van der Waals surface area (Å²) in [5.74, 6) is 0. The molecular formula is C17H17NO. The van der Waals surface area contributed by atoms with E-state index in [4.69, 9.17) is 0 Å². The molecule has 0 heterocycles. The molecule has 0 aliphatic carbocycles. The number of anilines is 1. The van der Waals surface area contributed by atoms with Gasteiger partial charge in [0.05, 0.1) is 0 Å². The molecule has 0 aliphatic rings. The highest BCUT2D eigenvalue weighted by Gasteiger charge is 1.98. The molecule has 0 saturated carbocycles. The highest BCUT2D eigenvalue weighted by Crippen LogP contribution is 2.21. The third-order valence-corrected chi connectivity index (χ3v) is 3.00. The van der Waals surface area contributed by atoms with Crippen molar-refractivity contribution in [1.29, 1.82) is 0 Å². The second kappa shape index (κ2) is 6.01. The lowest BCUT2D eigenvalue weighted by molar-refractivity contribution is -0.104. The second-order valence-corrected chi connectivity index (χ2v) is 4.51. The maximum atomic E-state index is 10.5. The van der Waals surface area contributed by atoms with E-state index in [2.05, 4.69) is 30.3 Å². The summed E-state index contributed by atoms with van der Waals surface area (Å²) in [6.07, 6.45) is 6.46. The van der Waals surface area contributed by atoms with Crippen LogP contribution >= 0.6 is 0 Å². The lowest BCUT2D eigenvalue weighted by Gasteiger charge is -2.14. The van der Waals surface area contributed by atoms with Gasteiger partial charge < -0.3 is 4.90 Å². The molecule has 0 saturated heterocycles. The quantitative estimate of drug-likeness (QED) is 0.466. The van der Waals surface area contributed by atoms with E-state index in [-0.39, 0.29) is 0 Å². The Morgan fingerprint density at radius 2 is 1.84 bits per heavy atom. The minimum Gasteiger partial charge on any atom is -0.351 e. The maximum absolute atomic E-state index is 10.5. The third kappa shape index (κ3) is 3.32. The van der Waals surface area contributed by atoms with Crippen molar-refractivity contribution in [3.8, 4) is 0 Å². The largest absolute Gasteiger partial charge is 0.351 e. The molecule has 0 radical (unpaired) electrons. The number of benzene rings is 2. The summed E-state index contributed by atoms with van der Waals surface area (Å²) in [6.45, 7) is 1.79. The molecule has 2 heteroatoms. The average molecular weight is 251 g/mol. The Kier molecular flexibility index (Phi) is 4.14. The molecule has 0 fully saturated rings. The zero-order valence-corrected chi connectivity index (χ0v) is 11.2. The van der Waals surface area contributed by atoms with Gasteiger partial charge in [-0.2, -0.15) is 0 Å². The zero-order chi connectivity index (χ0) is 13.7. The summed E-state index contributed by atoms with van der Waals surface area (Å²) in [5, 5.41) is 2.46. The summed E-state index contributed by atoms with van der Waals surface area (Å²) < 4.78 is 0. The molecular weight excluding hydrogens is 234 g/mol. The number of hydrogen-bond acceptors (Lipinski definition) is 2. The van der Waals surface area contributed by atoms with Gasteiger partial charge in [-0.15, -0.1) is 0 Å². The number of allylic oxidation sites excluding steroid dienone is 3. The molecule has 2 nitrogen and oxygen atoms in total. The van der Waals surface area contributed by atoms with Gasteiger partial charge in [-0.25, -0.2) is 0 Å². The van der Waals surface area contributed by atoms with Gasteiger partial charge in [0.15, 0.2) is 0 Å².